The Bertz CT molecular complexity index is 1300. The van der Waals surface area contributed by atoms with Gasteiger partial charge in [-0.2, -0.15) is 0 Å². The predicted octanol–water partition coefficient (Wildman–Crippen LogP) is 4.80. The lowest BCUT2D eigenvalue weighted by Crippen LogP contribution is -2.43. The van der Waals surface area contributed by atoms with E-state index >= 15 is 0 Å². The summed E-state index contributed by atoms with van der Waals surface area (Å²) in [6, 6.07) is 29.2. The number of carbonyl (C=O) groups is 1. The number of nitrogens with one attached hydrogen (secondary N) is 2. The lowest BCUT2D eigenvalue weighted by molar-refractivity contribution is -0.125. The van der Waals surface area contributed by atoms with Gasteiger partial charge in [0.1, 0.15) is 0 Å². The zero-order valence-corrected chi connectivity index (χ0v) is 20.4. The Morgan fingerprint density at radius 3 is 2.64 bits per heavy atom. The van der Waals surface area contributed by atoms with Gasteiger partial charge in [-0.3, -0.25) is 14.7 Å². The molecule has 2 N–H and O–H groups in total. The van der Waals surface area contributed by atoms with Crippen LogP contribution in [0.1, 0.15) is 23.1 Å². The molecule has 0 saturated carbocycles. The van der Waals surface area contributed by atoms with Crippen LogP contribution in [-0.2, 0) is 17.9 Å². The summed E-state index contributed by atoms with van der Waals surface area (Å²) in [5.41, 5.74) is 3.46. The first kappa shape index (κ1) is 23.9. The topological polar surface area (TPSA) is 57.3 Å². The second-order valence-corrected chi connectivity index (χ2v) is 9.31. The van der Waals surface area contributed by atoms with Crippen LogP contribution in [0.4, 0.5) is 0 Å². The van der Waals surface area contributed by atoms with E-state index in [4.69, 9.17) is 0 Å². The van der Waals surface area contributed by atoms with Crippen molar-refractivity contribution in [2.75, 3.05) is 13.1 Å². The molecule has 5 heteroatoms. The van der Waals surface area contributed by atoms with Crippen molar-refractivity contribution in [1.29, 1.82) is 0 Å². The third-order valence-corrected chi connectivity index (χ3v) is 6.81. The average Bonchev–Trinajstić information content (AvgIpc) is 3.35. The molecule has 1 aliphatic rings. The van der Waals surface area contributed by atoms with Gasteiger partial charge in [0.05, 0.1) is 6.04 Å². The van der Waals surface area contributed by atoms with Crippen molar-refractivity contribution in [2.24, 2.45) is 0 Å². The minimum atomic E-state index is -0.174. The molecule has 1 fully saturated rings. The van der Waals surface area contributed by atoms with Gasteiger partial charge in [-0.1, -0.05) is 91.0 Å². The number of aromatic nitrogens is 1. The Labute approximate surface area is 212 Å². The third kappa shape index (κ3) is 6.06. The fourth-order valence-corrected chi connectivity index (χ4v) is 4.92. The molecule has 2 atom stereocenters. The molecule has 1 aliphatic heterocycles. The maximum atomic E-state index is 13.2. The Hall–Kier alpha value is -3.80. The Morgan fingerprint density at radius 1 is 0.944 bits per heavy atom. The van der Waals surface area contributed by atoms with Crippen LogP contribution in [0.25, 0.3) is 16.8 Å². The summed E-state index contributed by atoms with van der Waals surface area (Å²) in [5.74, 6) is 0.0708. The van der Waals surface area contributed by atoms with Gasteiger partial charge in [0.2, 0.25) is 5.91 Å². The molecule has 1 aromatic heterocycles. The molecular weight excluding hydrogens is 444 g/mol. The zero-order chi connectivity index (χ0) is 24.6. The monoisotopic (exact) mass is 476 g/mol. The quantitative estimate of drug-likeness (QED) is 0.365. The number of amides is 1. The minimum Gasteiger partial charge on any atom is -0.351 e. The molecule has 1 amide bonds. The molecule has 0 unspecified atom stereocenters. The van der Waals surface area contributed by atoms with Crippen LogP contribution < -0.4 is 10.6 Å². The van der Waals surface area contributed by atoms with Crippen molar-refractivity contribution in [3.63, 3.8) is 0 Å². The first-order valence-corrected chi connectivity index (χ1v) is 12.6. The van der Waals surface area contributed by atoms with Crippen molar-refractivity contribution >= 4 is 22.8 Å². The van der Waals surface area contributed by atoms with Crippen LogP contribution in [0.15, 0.2) is 103 Å². The van der Waals surface area contributed by atoms with Gasteiger partial charge in [0, 0.05) is 44.6 Å². The number of nitrogens with zero attached hydrogens (tertiary/aromatic N) is 2. The van der Waals surface area contributed by atoms with Crippen molar-refractivity contribution in [1.82, 2.24) is 20.5 Å². The highest BCUT2D eigenvalue weighted by Gasteiger charge is 2.35. The Morgan fingerprint density at radius 2 is 1.78 bits per heavy atom. The smallest absolute Gasteiger partial charge is 0.237 e. The van der Waals surface area contributed by atoms with Crippen LogP contribution >= 0.6 is 0 Å². The van der Waals surface area contributed by atoms with E-state index in [1.165, 1.54) is 21.9 Å². The molecule has 0 bridgehead atoms. The predicted molar refractivity (Wildman–Crippen MR) is 146 cm³/mol. The number of hydrogen-bond donors (Lipinski definition) is 2. The maximum absolute atomic E-state index is 13.2. The summed E-state index contributed by atoms with van der Waals surface area (Å²) in [4.78, 5) is 19.7. The molecule has 0 radical (unpaired) electrons. The number of rotatable bonds is 9. The van der Waals surface area contributed by atoms with E-state index in [2.05, 4.69) is 87.3 Å². The summed E-state index contributed by atoms with van der Waals surface area (Å²) in [6.07, 6.45) is 8.60. The van der Waals surface area contributed by atoms with E-state index < -0.39 is 0 Å². The third-order valence-electron chi connectivity index (χ3n) is 6.81. The number of fused-ring (bicyclic) bond motifs is 1. The highest BCUT2D eigenvalue weighted by molar-refractivity contribution is 5.85. The standard InChI is InChI=1S/C31H32N4O/c36-31(34-21-25-11-7-17-32-20-25)30-19-28(23-35(30)18-8-12-24-9-2-1-3-10-24)33-22-27-15-6-14-26-13-4-5-16-29(26)27/h1-17,20,28,30,33H,18-19,21-23H2,(H,34,36)/t28-,30-/m0/s1. The fourth-order valence-electron chi connectivity index (χ4n) is 4.92. The molecule has 182 valence electrons. The second-order valence-electron chi connectivity index (χ2n) is 9.31. The van der Waals surface area contributed by atoms with Crippen molar-refractivity contribution in [2.45, 2.75) is 31.6 Å². The van der Waals surface area contributed by atoms with E-state index in [1.54, 1.807) is 12.4 Å². The van der Waals surface area contributed by atoms with E-state index in [9.17, 15) is 4.79 Å². The summed E-state index contributed by atoms with van der Waals surface area (Å²) in [7, 11) is 0. The van der Waals surface area contributed by atoms with Crippen LogP contribution in [0.5, 0.6) is 0 Å². The second kappa shape index (κ2) is 11.8. The summed E-state index contributed by atoms with van der Waals surface area (Å²) in [5, 5.41) is 9.39. The largest absolute Gasteiger partial charge is 0.351 e. The SMILES string of the molecule is O=C(NCc1cccnc1)[C@@H]1C[C@H](NCc2cccc3ccccc23)CN1CC=Cc1ccccc1. The zero-order valence-electron chi connectivity index (χ0n) is 20.4. The van der Waals surface area contributed by atoms with E-state index in [1.807, 2.05) is 30.3 Å². The maximum Gasteiger partial charge on any atom is 0.237 e. The van der Waals surface area contributed by atoms with Gasteiger partial charge >= 0.3 is 0 Å². The number of carbonyl (C=O) groups excluding carboxylic acids is 1. The Kier molecular flexibility index (Phi) is 7.81. The number of benzene rings is 3. The summed E-state index contributed by atoms with van der Waals surface area (Å²) in [6.45, 7) is 2.83. The van der Waals surface area contributed by atoms with E-state index in [-0.39, 0.29) is 18.0 Å². The first-order chi connectivity index (χ1) is 17.8. The van der Waals surface area contributed by atoms with Crippen LogP contribution in [-0.4, -0.2) is 41.0 Å². The fraction of sp³-hybridized carbons (Fsp3) is 0.226. The van der Waals surface area contributed by atoms with Gasteiger partial charge in [-0.15, -0.1) is 0 Å². The molecular formula is C31H32N4O. The molecule has 1 saturated heterocycles. The molecule has 0 spiro atoms. The van der Waals surface area contributed by atoms with E-state index in [0.717, 1.165) is 31.6 Å². The Balaban J connectivity index is 1.25. The van der Waals surface area contributed by atoms with Gasteiger partial charge in [0.25, 0.3) is 0 Å². The summed E-state index contributed by atoms with van der Waals surface area (Å²) < 4.78 is 0. The molecule has 0 aliphatic carbocycles. The lowest BCUT2D eigenvalue weighted by Gasteiger charge is -2.22. The van der Waals surface area contributed by atoms with Gasteiger partial charge in [-0.05, 0) is 39.9 Å². The normalized spacial score (nSPS) is 18.1. The van der Waals surface area contributed by atoms with Crippen molar-refractivity contribution in [3.05, 3.63) is 120 Å². The van der Waals surface area contributed by atoms with Crippen molar-refractivity contribution in [3.8, 4) is 0 Å². The molecule has 4 aromatic rings. The van der Waals surface area contributed by atoms with Crippen LogP contribution in [0.2, 0.25) is 0 Å². The van der Waals surface area contributed by atoms with Gasteiger partial charge in [0.15, 0.2) is 0 Å². The van der Waals surface area contributed by atoms with Crippen LogP contribution in [0, 0.1) is 0 Å². The molecule has 3 aromatic carbocycles. The lowest BCUT2D eigenvalue weighted by atomic mass is 10.0. The molecule has 5 rings (SSSR count). The highest BCUT2D eigenvalue weighted by Crippen LogP contribution is 2.22. The number of likely N-dealkylation sites (tertiary alicyclic amines) is 1. The highest BCUT2D eigenvalue weighted by atomic mass is 16.2. The molecule has 5 nitrogen and oxygen atoms in total. The minimum absolute atomic E-state index is 0.0708. The molecule has 2 heterocycles. The first-order valence-electron chi connectivity index (χ1n) is 12.6. The number of hydrogen-bond acceptors (Lipinski definition) is 4. The van der Waals surface area contributed by atoms with Gasteiger partial charge < -0.3 is 10.6 Å². The number of pyridine rings is 1. The average molecular weight is 477 g/mol. The summed E-state index contributed by atoms with van der Waals surface area (Å²) >= 11 is 0. The molecule has 36 heavy (non-hydrogen) atoms. The van der Waals surface area contributed by atoms with E-state index in [0.29, 0.717) is 6.54 Å². The van der Waals surface area contributed by atoms with Crippen LogP contribution in [0.3, 0.4) is 0 Å². The van der Waals surface area contributed by atoms with Gasteiger partial charge in [-0.25, -0.2) is 0 Å². The van der Waals surface area contributed by atoms with Crippen molar-refractivity contribution < 1.29 is 4.79 Å².